The average Bonchev–Trinajstić information content (AvgIpc) is 2.64. The topological polar surface area (TPSA) is 28.2 Å². The number of nitrogens with one attached hydrogen (secondary N) is 1. The standard InChI is InChI=1S/C14H23N3/c1-3-13-11-17(10-6-9-15-13)12(2)14-7-4-5-8-16-14/h4-5,7-8,12-13,15H,3,6,9-11H2,1-2H3. The van der Waals surface area contributed by atoms with Crippen molar-refractivity contribution in [2.45, 2.75) is 38.8 Å². The third kappa shape index (κ3) is 3.27. The Morgan fingerprint density at radius 3 is 3.12 bits per heavy atom. The van der Waals surface area contributed by atoms with Gasteiger partial charge in [-0.2, -0.15) is 0 Å². The molecule has 1 aromatic rings. The van der Waals surface area contributed by atoms with Crippen LogP contribution in [0.1, 0.15) is 38.4 Å². The molecule has 1 aliphatic rings. The molecule has 2 atom stereocenters. The van der Waals surface area contributed by atoms with Crippen molar-refractivity contribution in [1.82, 2.24) is 15.2 Å². The molecule has 0 amide bonds. The molecule has 17 heavy (non-hydrogen) atoms. The summed E-state index contributed by atoms with van der Waals surface area (Å²) in [7, 11) is 0. The SMILES string of the molecule is CCC1CN(C(C)c2ccccn2)CCCN1. The third-order valence-corrected chi connectivity index (χ3v) is 3.67. The minimum Gasteiger partial charge on any atom is -0.313 e. The second-order valence-electron chi connectivity index (χ2n) is 4.84. The van der Waals surface area contributed by atoms with E-state index in [0.29, 0.717) is 12.1 Å². The monoisotopic (exact) mass is 233 g/mol. The Labute approximate surface area is 104 Å². The van der Waals surface area contributed by atoms with Crippen LogP contribution in [0.2, 0.25) is 0 Å². The molecule has 0 aliphatic carbocycles. The molecule has 1 aromatic heterocycles. The molecule has 2 unspecified atom stereocenters. The van der Waals surface area contributed by atoms with Crippen LogP contribution in [0.15, 0.2) is 24.4 Å². The van der Waals surface area contributed by atoms with E-state index in [1.54, 1.807) is 0 Å². The highest BCUT2D eigenvalue weighted by Gasteiger charge is 2.21. The van der Waals surface area contributed by atoms with Crippen molar-refractivity contribution in [3.8, 4) is 0 Å². The van der Waals surface area contributed by atoms with Gasteiger partial charge in [0.15, 0.2) is 0 Å². The first kappa shape index (κ1) is 12.5. The highest BCUT2D eigenvalue weighted by atomic mass is 15.2. The van der Waals surface area contributed by atoms with Gasteiger partial charge in [0.2, 0.25) is 0 Å². The van der Waals surface area contributed by atoms with Crippen molar-refractivity contribution in [2.24, 2.45) is 0 Å². The van der Waals surface area contributed by atoms with Gasteiger partial charge < -0.3 is 5.32 Å². The Morgan fingerprint density at radius 1 is 1.53 bits per heavy atom. The van der Waals surface area contributed by atoms with Crippen molar-refractivity contribution in [1.29, 1.82) is 0 Å². The Hall–Kier alpha value is -0.930. The Kier molecular flexibility index (Phi) is 4.51. The molecule has 1 fully saturated rings. The fourth-order valence-corrected chi connectivity index (χ4v) is 2.46. The lowest BCUT2D eigenvalue weighted by Crippen LogP contribution is -2.38. The van der Waals surface area contributed by atoms with Crippen LogP contribution in [0.5, 0.6) is 0 Å². The Balaban J connectivity index is 2.05. The summed E-state index contributed by atoms with van der Waals surface area (Å²) in [5, 5.41) is 3.61. The van der Waals surface area contributed by atoms with E-state index < -0.39 is 0 Å². The third-order valence-electron chi connectivity index (χ3n) is 3.67. The normalized spacial score (nSPS) is 24.2. The predicted molar refractivity (Wildman–Crippen MR) is 70.9 cm³/mol. The zero-order valence-electron chi connectivity index (χ0n) is 10.9. The minimum absolute atomic E-state index is 0.421. The van der Waals surface area contributed by atoms with Crippen molar-refractivity contribution >= 4 is 0 Å². The Bertz CT molecular complexity index is 325. The quantitative estimate of drug-likeness (QED) is 0.867. The Morgan fingerprint density at radius 2 is 2.41 bits per heavy atom. The van der Waals surface area contributed by atoms with Crippen molar-refractivity contribution < 1.29 is 0 Å². The van der Waals surface area contributed by atoms with Crippen LogP contribution in [0.25, 0.3) is 0 Å². The first-order valence-corrected chi connectivity index (χ1v) is 6.69. The summed E-state index contributed by atoms with van der Waals surface area (Å²) in [5.41, 5.74) is 1.18. The zero-order chi connectivity index (χ0) is 12.1. The van der Waals surface area contributed by atoms with Crippen molar-refractivity contribution in [3.63, 3.8) is 0 Å². The van der Waals surface area contributed by atoms with E-state index in [0.717, 1.165) is 13.1 Å². The lowest BCUT2D eigenvalue weighted by Gasteiger charge is -2.29. The van der Waals surface area contributed by atoms with Gasteiger partial charge in [0.05, 0.1) is 5.69 Å². The molecule has 2 rings (SSSR count). The van der Waals surface area contributed by atoms with Crippen molar-refractivity contribution in [3.05, 3.63) is 30.1 Å². The second-order valence-corrected chi connectivity index (χ2v) is 4.84. The number of pyridine rings is 1. The maximum Gasteiger partial charge on any atom is 0.0572 e. The van der Waals surface area contributed by atoms with Crippen LogP contribution in [0.4, 0.5) is 0 Å². The first-order chi connectivity index (χ1) is 8.31. The summed E-state index contributed by atoms with van der Waals surface area (Å²) in [6.45, 7) is 7.96. The lowest BCUT2D eigenvalue weighted by molar-refractivity contribution is 0.202. The maximum atomic E-state index is 4.47. The molecule has 0 spiro atoms. The number of rotatable bonds is 3. The van der Waals surface area contributed by atoms with E-state index in [1.165, 1.54) is 25.1 Å². The predicted octanol–water partition coefficient (Wildman–Crippen LogP) is 2.22. The van der Waals surface area contributed by atoms with Crippen LogP contribution >= 0.6 is 0 Å². The summed E-state index contributed by atoms with van der Waals surface area (Å²) >= 11 is 0. The fourth-order valence-electron chi connectivity index (χ4n) is 2.46. The highest BCUT2D eigenvalue weighted by Crippen LogP contribution is 2.19. The molecule has 0 bridgehead atoms. The second kappa shape index (κ2) is 6.12. The van der Waals surface area contributed by atoms with Gasteiger partial charge in [0.1, 0.15) is 0 Å². The van der Waals surface area contributed by atoms with E-state index in [-0.39, 0.29) is 0 Å². The molecule has 3 nitrogen and oxygen atoms in total. The molecular weight excluding hydrogens is 210 g/mol. The van der Waals surface area contributed by atoms with Gasteiger partial charge in [0.25, 0.3) is 0 Å². The van der Waals surface area contributed by atoms with E-state index in [2.05, 4.69) is 41.2 Å². The van der Waals surface area contributed by atoms with Crippen LogP contribution in [-0.4, -0.2) is 35.6 Å². The van der Waals surface area contributed by atoms with Gasteiger partial charge in [-0.25, -0.2) is 0 Å². The van der Waals surface area contributed by atoms with Gasteiger partial charge in [0, 0.05) is 31.4 Å². The average molecular weight is 233 g/mol. The van der Waals surface area contributed by atoms with Gasteiger partial charge >= 0.3 is 0 Å². The van der Waals surface area contributed by atoms with Crippen LogP contribution < -0.4 is 5.32 Å². The molecule has 3 heteroatoms. The van der Waals surface area contributed by atoms with Crippen LogP contribution in [0, 0.1) is 0 Å². The van der Waals surface area contributed by atoms with Gasteiger partial charge in [-0.15, -0.1) is 0 Å². The molecule has 0 radical (unpaired) electrons. The zero-order valence-corrected chi connectivity index (χ0v) is 10.9. The van der Waals surface area contributed by atoms with Crippen molar-refractivity contribution in [2.75, 3.05) is 19.6 Å². The van der Waals surface area contributed by atoms with Gasteiger partial charge in [-0.3, -0.25) is 9.88 Å². The first-order valence-electron chi connectivity index (χ1n) is 6.69. The van der Waals surface area contributed by atoms with E-state index in [1.807, 2.05) is 12.3 Å². The number of hydrogen-bond donors (Lipinski definition) is 1. The molecule has 1 aliphatic heterocycles. The van der Waals surface area contributed by atoms with Crippen LogP contribution in [0.3, 0.4) is 0 Å². The number of hydrogen-bond acceptors (Lipinski definition) is 3. The molecule has 0 saturated carbocycles. The molecule has 1 saturated heterocycles. The van der Waals surface area contributed by atoms with E-state index in [4.69, 9.17) is 0 Å². The molecular formula is C14H23N3. The van der Waals surface area contributed by atoms with Crippen LogP contribution in [-0.2, 0) is 0 Å². The number of aromatic nitrogens is 1. The maximum absolute atomic E-state index is 4.47. The number of nitrogens with zero attached hydrogens (tertiary/aromatic N) is 2. The van der Waals surface area contributed by atoms with Gasteiger partial charge in [-0.1, -0.05) is 13.0 Å². The summed E-state index contributed by atoms with van der Waals surface area (Å²) in [5.74, 6) is 0. The fraction of sp³-hybridized carbons (Fsp3) is 0.643. The smallest absolute Gasteiger partial charge is 0.0572 e. The minimum atomic E-state index is 0.421. The lowest BCUT2D eigenvalue weighted by atomic mass is 10.1. The summed E-state index contributed by atoms with van der Waals surface area (Å²) in [6, 6.07) is 7.24. The molecule has 1 N–H and O–H groups in total. The summed E-state index contributed by atoms with van der Waals surface area (Å²) < 4.78 is 0. The summed E-state index contributed by atoms with van der Waals surface area (Å²) in [6.07, 6.45) is 4.32. The summed E-state index contributed by atoms with van der Waals surface area (Å²) in [4.78, 5) is 7.03. The van der Waals surface area contributed by atoms with E-state index >= 15 is 0 Å². The van der Waals surface area contributed by atoms with Gasteiger partial charge in [-0.05, 0) is 38.4 Å². The molecule has 0 aromatic carbocycles. The largest absolute Gasteiger partial charge is 0.313 e. The molecule has 2 heterocycles. The van der Waals surface area contributed by atoms with E-state index in [9.17, 15) is 0 Å². The highest BCUT2D eigenvalue weighted by molar-refractivity contribution is 5.08. The molecule has 94 valence electrons.